The fourth-order valence-corrected chi connectivity index (χ4v) is 5.13. The Morgan fingerprint density at radius 3 is 2.16 bits per heavy atom. The Labute approximate surface area is 279 Å². The van der Waals surface area contributed by atoms with E-state index in [1.54, 1.807) is 6.07 Å². The van der Waals surface area contributed by atoms with Crippen molar-refractivity contribution < 1.29 is 62.2 Å². The van der Waals surface area contributed by atoms with Gasteiger partial charge in [0.1, 0.15) is 26.9 Å². The first-order chi connectivity index (χ1) is 23.2. The summed E-state index contributed by atoms with van der Waals surface area (Å²) in [5, 5.41) is 6.35. The van der Waals surface area contributed by atoms with Gasteiger partial charge < -0.3 is 19.5 Å². The van der Waals surface area contributed by atoms with Crippen molar-refractivity contribution in [1.82, 2.24) is 29.5 Å². The van der Waals surface area contributed by atoms with E-state index in [1.165, 1.54) is 26.4 Å². The first-order valence-electron chi connectivity index (χ1n) is 13.7. The van der Waals surface area contributed by atoms with Crippen molar-refractivity contribution in [2.45, 2.75) is 18.1 Å². The Hall–Kier alpha value is -5.19. The highest BCUT2D eigenvalue weighted by atomic mass is 32.2. The zero-order valence-corrected chi connectivity index (χ0v) is 27.5. The number of anilines is 2. The van der Waals surface area contributed by atoms with Crippen LogP contribution in [0, 0.1) is 0 Å². The van der Waals surface area contributed by atoms with Crippen LogP contribution in [0.5, 0.6) is 17.4 Å². The number of aromatic nitrogens is 5. The van der Waals surface area contributed by atoms with Gasteiger partial charge in [0.25, 0.3) is 5.91 Å². The van der Waals surface area contributed by atoms with Crippen molar-refractivity contribution in [3.8, 4) is 34.3 Å². The van der Waals surface area contributed by atoms with Gasteiger partial charge in [0, 0.05) is 59.9 Å². The lowest BCUT2D eigenvalue weighted by Gasteiger charge is -2.15. The summed E-state index contributed by atoms with van der Waals surface area (Å²) in [6.45, 7) is -0.414. The molecule has 23 heteroatoms. The SMILES string of the molecule is COc1cc(Nc2ncc(-c3cnc(OCCCS(C)(=O)=O)c(C(=O)NS(=O)(=O)C(F)(F)F)c3)c(-n3ccc(C(F)(F)F)n3)n2)cc(OC)c1. The Balaban J connectivity index is 1.84. The highest BCUT2D eigenvalue weighted by Crippen LogP contribution is 2.33. The van der Waals surface area contributed by atoms with Crippen LogP contribution >= 0.6 is 0 Å². The number of sulfone groups is 1. The summed E-state index contributed by atoms with van der Waals surface area (Å²) in [6, 6.07) is 6.07. The Kier molecular flexibility index (Phi) is 10.8. The van der Waals surface area contributed by atoms with E-state index < -0.39 is 61.2 Å². The van der Waals surface area contributed by atoms with E-state index in [9.17, 15) is 48.0 Å². The maximum absolute atomic E-state index is 13.5. The summed E-state index contributed by atoms with van der Waals surface area (Å²) in [4.78, 5) is 25.2. The molecule has 4 rings (SSSR count). The molecule has 3 aromatic heterocycles. The van der Waals surface area contributed by atoms with Crippen molar-refractivity contribution >= 4 is 37.4 Å². The minimum Gasteiger partial charge on any atom is -0.497 e. The van der Waals surface area contributed by atoms with Crippen LogP contribution in [0.1, 0.15) is 22.5 Å². The number of ether oxygens (including phenoxy) is 3. The summed E-state index contributed by atoms with van der Waals surface area (Å²) >= 11 is 0. The van der Waals surface area contributed by atoms with Crippen LogP contribution in [0.15, 0.2) is 48.9 Å². The van der Waals surface area contributed by atoms with E-state index >= 15 is 0 Å². The zero-order chi connectivity index (χ0) is 37.1. The molecule has 15 nitrogen and oxygen atoms in total. The molecule has 3 heterocycles. The largest absolute Gasteiger partial charge is 0.516 e. The maximum atomic E-state index is 13.5. The molecule has 1 amide bonds. The van der Waals surface area contributed by atoms with Gasteiger partial charge >= 0.3 is 21.7 Å². The van der Waals surface area contributed by atoms with Crippen molar-refractivity contribution in [3.05, 3.63) is 60.2 Å². The molecule has 0 saturated heterocycles. The number of hydrogen-bond acceptors (Lipinski definition) is 13. The molecular weight excluding hydrogens is 728 g/mol. The number of rotatable bonds is 13. The van der Waals surface area contributed by atoms with Gasteiger partial charge in [0.05, 0.1) is 26.6 Å². The van der Waals surface area contributed by atoms with Crippen LogP contribution in [0.3, 0.4) is 0 Å². The van der Waals surface area contributed by atoms with Crippen LogP contribution in [0.2, 0.25) is 0 Å². The lowest BCUT2D eigenvalue weighted by atomic mass is 10.1. The second kappa shape index (κ2) is 14.3. The standard InChI is InChI=1S/C27H25F6N7O8S2/c1-46-17-10-16(11-18(12-17)47-2)36-25-35-14-20(22(37-25)40-6-5-21(38-40)26(28,29)30)15-9-19(23(41)39-50(44,45)27(31,32)33)24(34-13-15)48-7-4-8-49(3,42)43/h5-6,9-14H,4,7-8H2,1-3H3,(H,39,41)(H,35,36,37). The minimum absolute atomic E-state index is 0.142. The van der Waals surface area contributed by atoms with Crippen molar-refractivity contribution in [1.29, 1.82) is 0 Å². The average Bonchev–Trinajstić information content (AvgIpc) is 3.53. The molecule has 4 aromatic rings. The molecule has 0 radical (unpaired) electrons. The number of benzene rings is 1. The summed E-state index contributed by atoms with van der Waals surface area (Å²) in [6.07, 6.45) is -1.12. The lowest BCUT2D eigenvalue weighted by molar-refractivity contribution is -0.141. The number of nitrogens with one attached hydrogen (secondary N) is 2. The fraction of sp³-hybridized carbons (Fsp3) is 0.296. The summed E-state index contributed by atoms with van der Waals surface area (Å²) in [5.41, 5.74) is -8.15. The molecule has 270 valence electrons. The Bertz CT molecular complexity index is 2090. The van der Waals surface area contributed by atoms with Gasteiger partial charge in [-0.05, 0) is 18.6 Å². The van der Waals surface area contributed by atoms with Crippen LogP contribution < -0.4 is 24.2 Å². The highest BCUT2D eigenvalue weighted by Gasteiger charge is 2.47. The highest BCUT2D eigenvalue weighted by molar-refractivity contribution is 7.91. The van der Waals surface area contributed by atoms with E-state index in [2.05, 4.69) is 25.4 Å². The second-order valence-electron chi connectivity index (χ2n) is 10.1. The predicted molar refractivity (Wildman–Crippen MR) is 162 cm³/mol. The monoisotopic (exact) mass is 753 g/mol. The van der Waals surface area contributed by atoms with Crippen molar-refractivity contribution in [2.75, 3.05) is 38.2 Å². The number of amides is 1. The summed E-state index contributed by atoms with van der Waals surface area (Å²) in [7, 11) is -6.89. The van der Waals surface area contributed by atoms with Crippen molar-refractivity contribution in [3.63, 3.8) is 0 Å². The molecule has 1 aromatic carbocycles. The molecule has 2 N–H and O–H groups in total. The molecule has 0 aliphatic rings. The summed E-state index contributed by atoms with van der Waals surface area (Å²) < 4.78 is 143. The van der Waals surface area contributed by atoms with E-state index in [4.69, 9.17) is 14.2 Å². The lowest BCUT2D eigenvalue weighted by Crippen LogP contribution is -2.40. The first-order valence-corrected chi connectivity index (χ1v) is 17.2. The third-order valence-electron chi connectivity index (χ3n) is 6.31. The fourth-order valence-electron chi connectivity index (χ4n) is 4.02. The average molecular weight is 754 g/mol. The van der Waals surface area contributed by atoms with Crippen LogP contribution in [0.4, 0.5) is 38.0 Å². The number of alkyl halides is 6. The molecule has 50 heavy (non-hydrogen) atoms. The molecule has 0 fully saturated rings. The molecule has 0 bridgehead atoms. The molecule has 0 atom stereocenters. The third kappa shape index (κ3) is 9.28. The smallest absolute Gasteiger partial charge is 0.497 e. The van der Waals surface area contributed by atoms with Gasteiger partial charge in [0.2, 0.25) is 11.8 Å². The molecule has 0 saturated carbocycles. The minimum atomic E-state index is -6.23. The number of sulfonamides is 1. The van der Waals surface area contributed by atoms with Crippen LogP contribution in [0.25, 0.3) is 16.9 Å². The van der Waals surface area contributed by atoms with Gasteiger partial charge in [-0.1, -0.05) is 0 Å². The molecule has 0 unspecified atom stereocenters. The predicted octanol–water partition coefficient (Wildman–Crippen LogP) is 3.90. The van der Waals surface area contributed by atoms with Gasteiger partial charge in [0.15, 0.2) is 11.5 Å². The second-order valence-corrected chi connectivity index (χ2v) is 14.0. The number of methoxy groups -OCH3 is 2. The maximum Gasteiger partial charge on any atom is 0.516 e. The van der Waals surface area contributed by atoms with Gasteiger partial charge in [-0.3, -0.25) is 4.79 Å². The van der Waals surface area contributed by atoms with Gasteiger partial charge in [-0.2, -0.15) is 44.8 Å². The van der Waals surface area contributed by atoms with E-state index in [1.807, 2.05) is 0 Å². The number of hydrogen-bond donors (Lipinski definition) is 2. The number of halogens is 6. The number of carbonyl (C=O) groups is 1. The Morgan fingerprint density at radius 2 is 1.60 bits per heavy atom. The Morgan fingerprint density at radius 1 is 0.940 bits per heavy atom. The van der Waals surface area contributed by atoms with E-state index in [0.717, 1.165) is 35.6 Å². The summed E-state index contributed by atoms with van der Waals surface area (Å²) in [5.74, 6) is -2.75. The zero-order valence-electron chi connectivity index (χ0n) is 25.8. The number of carbonyl (C=O) groups excluding carboxylic acids is 1. The van der Waals surface area contributed by atoms with Gasteiger partial charge in [-0.25, -0.2) is 27.8 Å². The normalized spacial score (nSPS) is 12.3. The topological polar surface area (TPSA) is 194 Å². The quantitative estimate of drug-likeness (QED) is 0.148. The van der Waals surface area contributed by atoms with E-state index in [0.29, 0.717) is 27.9 Å². The number of pyridine rings is 1. The van der Waals surface area contributed by atoms with Crippen molar-refractivity contribution in [2.24, 2.45) is 0 Å². The van der Waals surface area contributed by atoms with Gasteiger partial charge in [-0.15, -0.1) is 0 Å². The molecule has 0 aliphatic carbocycles. The van der Waals surface area contributed by atoms with Crippen LogP contribution in [-0.4, -0.2) is 85.8 Å². The number of nitrogens with zero attached hydrogens (tertiary/aromatic N) is 5. The van der Waals surface area contributed by atoms with E-state index in [-0.39, 0.29) is 35.1 Å². The molecular formula is C27H25F6N7O8S2. The first kappa shape index (κ1) is 37.6. The molecule has 0 spiro atoms. The van der Waals surface area contributed by atoms with Crippen LogP contribution in [-0.2, 0) is 26.0 Å². The molecule has 0 aliphatic heterocycles. The third-order valence-corrected chi connectivity index (χ3v) is 8.40.